The molecule has 1 saturated carbocycles. The predicted molar refractivity (Wildman–Crippen MR) is 132 cm³/mol. The minimum atomic E-state index is -3.99. The van der Waals surface area contributed by atoms with E-state index in [1.807, 2.05) is 31.2 Å². The minimum absolute atomic E-state index is 0.0553. The van der Waals surface area contributed by atoms with Gasteiger partial charge in [0.2, 0.25) is 21.8 Å². The molecule has 2 aromatic rings. The lowest BCUT2D eigenvalue weighted by Gasteiger charge is -2.37. The third-order valence-electron chi connectivity index (χ3n) is 6.75. The van der Waals surface area contributed by atoms with Crippen LogP contribution in [0.25, 0.3) is 0 Å². The SMILES string of the molecule is CC(=O)Nc1ccc(C)cc1S(=O)(=O)N1CCc2ccccc2[C@@H]1CC(=O)NC1CCCCC1. The number of aryl methyl sites for hydroxylation is 1. The van der Waals surface area contributed by atoms with Crippen LogP contribution in [0.3, 0.4) is 0 Å². The molecule has 34 heavy (non-hydrogen) atoms. The number of benzene rings is 2. The first-order valence-electron chi connectivity index (χ1n) is 12.0. The summed E-state index contributed by atoms with van der Waals surface area (Å²) < 4.78 is 29.4. The van der Waals surface area contributed by atoms with E-state index in [4.69, 9.17) is 0 Å². The second-order valence-corrected chi connectivity index (χ2v) is 11.2. The summed E-state index contributed by atoms with van der Waals surface area (Å²) in [5.74, 6) is -0.465. The summed E-state index contributed by atoms with van der Waals surface area (Å²) in [5, 5.41) is 5.79. The molecule has 2 N–H and O–H groups in total. The van der Waals surface area contributed by atoms with Crippen LogP contribution in [0.5, 0.6) is 0 Å². The van der Waals surface area contributed by atoms with Gasteiger partial charge < -0.3 is 10.6 Å². The van der Waals surface area contributed by atoms with Crippen molar-refractivity contribution in [3.63, 3.8) is 0 Å². The number of fused-ring (bicyclic) bond motifs is 1. The highest BCUT2D eigenvalue weighted by Gasteiger charge is 2.39. The molecule has 0 saturated heterocycles. The summed E-state index contributed by atoms with van der Waals surface area (Å²) in [6.07, 6.45) is 5.98. The first kappa shape index (κ1) is 24.4. The first-order valence-corrected chi connectivity index (χ1v) is 13.5. The van der Waals surface area contributed by atoms with Crippen molar-refractivity contribution in [3.05, 3.63) is 59.2 Å². The molecule has 8 heteroatoms. The Hall–Kier alpha value is -2.71. The average Bonchev–Trinajstić information content (AvgIpc) is 2.80. The van der Waals surface area contributed by atoms with E-state index in [1.165, 1.54) is 17.6 Å². The van der Waals surface area contributed by atoms with Gasteiger partial charge in [-0.15, -0.1) is 0 Å². The molecule has 1 aliphatic heterocycles. The van der Waals surface area contributed by atoms with Crippen molar-refractivity contribution in [1.29, 1.82) is 0 Å². The van der Waals surface area contributed by atoms with Crippen LogP contribution in [0.1, 0.15) is 68.2 Å². The minimum Gasteiger partial charge on any atom is -0.353 e. The van der Waals surface area contributed by atoms with Crippen molar-refractivity contribution in [2.75, 3.05) is 11.9 Å². The number of carbonyl (C=O) groups is 2. The average molecular weight is 484 g/mol. The van der Waals surface area contributed by atoms with E-state index in [9.17, 15) is 18.0 Å². The summed E-state index contributed by atoms with van der Waals surface area (Å²) in [5.41, 5.74) is 2.96. The Labute approximate surface area is 202 Å². The van der Waals surface area contributed by atoms with Gasteiger partial charge in [0.1, 0.15) is 4.90 Å². The van der Waals surface area contributed by atoms with Gasteiger partial charge in [-0.05, 0) is 55.0 Å². The number of hydrogen-bond acceptors (Lipinski definition) is 4. The Morgan fingerprint density at radius 3 is 2.53 bits per heavy atom. The second-order valence-electron chi connectivity index (χ2n) is 9.37. The van der Waals surface area contributed by atoms with E-state index in [1.54, 1.807) is 18.2 Å². The quantitative estimate of drug-likeness (QED) is 0.647. The predicted octanol–water partition coefficient (Wildman–Crippen LogP) is 4.08. The van der Waals surface area contributed by atoms with Gasteiger partial charge >= 0.3 is 0 Å². The molecular formula is C26H33N3O4S. The highest BCUT2D eigenvalue weighted by molar-refractivity contribution is 7.89. The summed E-state index contributed by atoms with van der Waals surface area (Å²) in [6, 6.07) is 12.3. The van der Waals surface area contributed by atoms with E-state index in [-0.39, 0.29) is 41.4 Å². The van der Waals surface area contributed by atoms with E-state index in [0.29, 0.717) is 6.42 Å². The van der Waals surface area contributed by atoms with Crippen LogP contribution in [0.2, 0.25) is 0 Å². The van der Waals surface area contributed by atoms with Gasteiger partial charge in [0.15, 0.2) is 0 Å². The number of hydrogen-bond donors (Lipinski definition) is 2. The standard InChI is InChI=1S/C26H33N3O4S/c1-18-12-13-23(27-19(2)30)25(16-18)34(32,33)29-15-14-20-8-6-7-11-22(20)24(29)17-26(31)28-21-9-4-3-5-10-21/h6-8,11-13,16,21,24H,3-5,9-10,14-15,17H2,1-2H3,(H,27,30)(H,28,31)/t24-/m0/s1. The maximum atomic E-state index is 14.0. The number of carbonyl (C=O) groups excluding carboxylic acids is 2. The van der Waals surface area contributed by atoms with E-state index >= 15 is 0 Å². The lowest BCUT2D eigenvalue weighted by atomic mass is 9.91. The van der Waals surface area contributed by atoms with Crippen molar-refractivity contribution in [3.8, 4) is 0 Å². The van der Waals surface area contributed by atoms with E-state index in [0.717, 1.165) is 42.4 Å². The smallest absolute Gasteiger partial charge is 0.245 e. The van der Waals surface area contributed by atoms with Crippen LogP contribution in [-0.4, -0.2) is 37.1 Å². The molecule has 2 aliphatic rings. The zero-order valence-corrected chi connectivity index (χ0v) is 20.7. The Kier molecular flexibility index (Phi) is 7.38. The summed E-state index contributed by atoms with van der Waals surface area (Å²) in [6.45, 7) is 3.44. The maximum Gasteiger partial charge on any atom is 0.245 e. The Bertz CT molecular complexity index is 1170. The third-order valence-corrected chi connectivity index (χ3v) is 8.69. The Morgan fingerprint density at radius 2 is 1.79 bits per heavy atom. The largest absolute Gasteiger partial charge is 0.353 e. The fourth-order valence-electron chi connectivity index (χ4n) is 5.10. The highest BCUT2D eigenvalue weighted by atomic mass is 32.2. The molecule has 0 spiro atoms. The number of nitrogens with zero attached hydrogens (tertiary/aromatic N) is 1. The summed E-state index contributed by atoms with van der Waals surface area (Å²) in [7, 11) is -3.99. The fraction of sp³-hybridized carbons (Fsp3) is 0.462. The summed E-state index contributed by atoms with van der Waals surface area (Å²) >= 11 is 0. The van der Waals surface area contributed by atoms with Gasteiger partial charge in [-0.3, -0.25) is 9.59 Å². The molecule has 0 unspecified atom stereocenters. The lowest BCUT2D eigenvalue weighted by molar-refractivity contribution is -0.123. The number of amides is 2. The first-order chi connectivity index (χ1) is 16.3. The molecule has 1 atom stereocenters. The molecule has 2 amide bonds. The van der Waals surface area contributed by atoms with Gasteiger partial charge in [-0.1, -0.05) is 49.6 Å². The van der Waals surface area contributed by atoms with Crippen LogP contribution >= 0.6 is 0 Å². The third kappa shape index (κ3) is 5.33. The Morgan fingerprint density at radius 1 is 1.06 bits per heavy atom. The molecule has 0 aromatic heterocycles. The monoisotopic (exact) mass is 483 g/mol. The lowest BCUT2D eigenvalue weighted by Crippen LogP contribution is -2.44. The molecule has 4 rings (SSSR count). The molecule has 2 aromatic carbocycles. The van der Waals surface area contributed by atoms with Crippen LogP contribution in [-0.2, 0) is 26.0 Å². The van der Waals surface area contributed by atoms with Crippen molar-refractivity contribution < 1.29 is 18.0 Å². The summed E-state index contributed by atoms with van der Waals surface area (Å²) in [4.78, 5) is 24.9. The van der Waals surface area contributed by atoms with Crippen LogP contribution < -0.4 is 10.6 Å². The van der Waals surface area contributed by atoms with Crippen molar-refractivity contribution in [2.45, 2.75) is 75.8 Å². The van der Waals surface area contributed by atoms with Gasteiger partial charge in [-0.25, -0.2) is 8.42 Å². The molecule has 1 aliphatic carbocycles. The van der Waals surface area contributed by atoms with Gasteiger partial charge in [0, 0.05) is 25.9 Å². The van der Waals surface area contributed by atoms with Gasteiger partial charge in [0.25, 0.3) is 0 Å². The molecular weight excluding hydrogens is 450 g/mol. The van der Waals surface area contributed by atoms with Crippen LogP contribution in [0.15, 0.2) is 47.4 Å². The zero-order valence-electron chi connectivity index (χ0n) is 19.8. The molecule has 1 heterocycles. The number of rotatable bonds is 6. The highest BCUT2D eigenvalue weighted by Crippen LogP contribution is 2.38. The number of sulfonamides is 1. The van der Waals surface area contributed by atoms with Gasteiger partial charge in [-0.2, -0.15) is 4.31 Å². The molecule has 7 nitrogen and oxygen atoms in total. The van der Waals surface area contributed by atoms with E-state index < -0.39 is 16.1 Å². The van der Waals surface area contributed by atoms with Crippen molar-refractivity contribution >= 4 is 27.5 Å². The van der Waals surface area contributed by atoms with Crippen LogP contribution in [0.4, 0.5) is 5.69 Å². The van der Waals surface area contributed by atoms with E-state index in [2.05, 4.69) is 10.6 Å². The topological polar surface area (TPSA) is 95.6 Å². The number of anilines is 1. The molecule has 0 radical (unpaired) electrons. The van der Waals surface area contributed by atoms with Crippen molar-refractivity contribution in [1.82, 2.24) is 9.62 Å². The number of nitrogens with one attached hydrogen (secondary N) is 2. The molecule has 1 fully saturated rings. The second kappa shape index (κ2) is 10.3. The van der Waals surface area contributed by atoms with Gasteiger partial charge in [0.05, 0.1) is 11.7 Å². The Balaban J connectivity index is 1.68. The van der Waals surface area contributed by atoms with Crippen molar-refractivity contribution in [2.24, 2.45) is 0 Å². The maximum absolute atomic E-state index is 14.0. The fourth-order valence-corrected chi connectivity index (χ4v) is 6.94. The molecule has 182 valence electrons. The van der Waals surface area contributed by atoms with Crippen LogP contribution in [0, 0.1) is 6.92 Å². The normalized spacial score (nSPS) is 19.3. The zero-order chi connectivity index (χ0) is 24.3. The molecule has 0 bridgehead atoms.